The molecule has 2 unspecified atom stereocenters. The Kier molecular flexibility index (Phi) is 11.3. The number of aliphatic hydroxyl groups excluding tert-OH is 1. The Hall–Kier alpha value is -4.51. The largest absolute Gasteiger partial charge is 0.744 e. The van der Waals surface area contributed by atoms with E-state index in [1.54, 1.807) is 24.3 Å². The number of aliphatic hydroxyl groups is 2. The van der Waals surface area contributed by atoms with E-state index in [1.807, 2.05) is 36.9 Å². The number of carboxylic acids is 1. The van der Waals surface area contributed by atoms with Crippen LogP contribution in [0.4, 0.5) is 18.9 Å². The molecule has 0 bridgehead atoms. The van der Waals surface area contributed by atoms with Crippen LogP contribution >= 0.6 is 22.7 Å². The normalized spacial score (nSPS) is 18.9. The van der Waals surface area contributed by atoms with Crippen LogP contribution in [-0.2, 0) is 25.9 Å². The van der Waals surface area contributed by atoms with E-state index >= 15 is 13.2 Å². The number of hydrogen-bond donors (Lipinski definition) is 3. The number of hydrogen-bond acceptors (Lipinski definition) is 10. The molecule has 0 saturated carbocycles. The third kappa shape index (κ3) is 7.30. The lowest BCUT2D eigenvalue weighted by Crippen LogP contribution is -2.43. The van der Waals surface area contributed by atoms with Crippen molar-refractivity contribution in [1.29, 1.82) is 0 Å². The molecule has 1 aliphatic carbocycles. The highest BCUT2D eigenvalue weighted by Gasteiger charge is 2.42. The van der Waals surface area contributed by atoms with Gasteiger partial charge in [-0.1, -0.05) is 38.2 Å². The fraction of sp³-hybridized carbons (Fsp3) is 0.370. The minimum atomic E-state index is -5.72. The van der Waals surface area contributed by atoms with Crippen molar-refractivity contribution in [3.05, 3.63) is 103 Å². The van der Waals surface area contributed by atoms with Gasteiger partial charge in [0.1, 0.15) is 32.3 Å². The van der Waals surface area contributed by atoms with Gasteiger partial charge in [0.2, 0.25) is 0 Å². The molecule has 0 saturated heterocycles. The first-order valence-electron chi connectivity index (χ1n) is 20.2. The number of benzene rings is 3. The monoisotopic (exact) mass is 892 g/mol. The molecule has 5 aromatic rings. The summed E-state index contributed by atoms with van der Waals surface area (Å²) in [6.07, 6.45) is 4.69. The molecule has 8 rings (SSSR count). The molecule has 0 amide bonds. The topological polar surface area (TPSA) is 147 Å². The summed E-state index contributed by atoms with van der Waals surface area (Å²) in [5.41, 5.74) is 3.16. The van der Waals surface area contributed by atoms with Crippen LogP contribution in [0.3, 0.4) is 0 Å². The molecule has 0 spiro atoms. The van der Waals surface area contributed by atoms with Crippen molar-refractivity contribution < 1.29 is 51.0 Å². The van der Waals surface area contributed by atoms with Gasteiger partial charge in [-0.2, -0.15) is 0 Å². The molecule has 3 N–H and O–H groups in total. The molecular weight excluding hydrogens is 848 g/mol. The number of rotatable bonds is 14. The molecule has 4 heterocycles. The minimum absolute atomic E-state index is 0.0729. The maximum Gasteiger partial charge on any atom is 0.303 e. The zero-order valence-corrected chi connectivity index (χ0v) is 36.5. The average Bonchev–Trinajstić information content (AvgIpc) is 3.90. The van der Waals surface area contributed by atoms with Gasteiger partial charge in [-0.25, -0.2) is 21.6 Å². The van der Waals surface area contributed by atoms with Crippen molar-refractivity contribution in [2.45, 2.75) is 107 Å². The maximum atomic E-state index is 16.5. The molecule has 3 aromatic carbocycles. The van der Waals surface area contributed by atoms with E-state index < -0.39 is 61.2 Å². The Bertz CT molecular complexity index is 2850. The lowest BCUT2D eigenvalue weighted by molar-refractivity contribution is -0.137. The van der Waals surface area contributed by atoms with Crippen LogP contribution < -0.4 is 20.1 Å². The Morgan fingerprint density at radius 2 is 1.51 bits per heavy atom. The molecule has 2 aliphatic heterocycles. The van der Waals surface area contributed by atoms with E-state index in [0.29, 0.717) is 18.4 Å². The predicted molar refractivity (Wildman–Crippen MR) is 229 cm³/mol. The summed E-state index contributed by atoms with van der Waals surface area (Å²) in [4.78, 5) is 13.6. The van der Waals surface area contributed by atoms with Gasteiger partial charge in [-0.05, 0) is 103 Å². The summed E-state index contributed by atoms with van der Waals surface area (Å²) in [5.74, 6) is -5.56. The number of ether oxygens (including phenoxy) is 1. The Balaban J connectivity index is 1.37. The molecule has 0 radical (unpaired) electrons. The number of aliphatic carboxylic acids is 1. The molecule has 2 aromatic heterocycles. The number of halogens is 3. The first-order valence-corrected chi connectivity index (χ1v) is 23.4. The van der Waals surface area contributed by atoms with Crippen LogP contribution in [0.25, 0.3) is 32.0 Å². The molecule has 9 nitrogen and oxygen atoms in total. The van der Waals surface area contributed by atoms with E-state index in [9.17, 15) is 28.0 Å². The first kappa shape index (κ1) is 43.2. The lowest BCUT2D eigenvalue weighted by Gasteiger charge is -2.46. The quantitative estimate of drug-likeness (QED) is 0.0422. The van der Waals surface area contributed by atoms with Crippen LogP contribution in [0.15, 0.2) is 58.1 Å². The highest BCUT2D eigenvalue weighted by Crippen LogP contribution is 2.55. The summed E-state index contributed by atoms with van der Waals surface area (Å²) < 4.78 is 93.0. The Labute approximate surface area is 359 Å². The van der Waals surface area contributed by atoms with E-state index in [4.69, 9.17) is 9.84 Å². The number of nitrogens with zero attached hydrogens (tertiary/aromatic N) is 1. The fourth-order valence-electron chi connectivity index (χ4n) is 9.61. The van der Waals surface area contributed by atoms with Crippen LogP contribution in [-0.4, -0.2) is 47.6 Å². The number of unbranched alkanes of at least 4 members (excludes halogenated alkanes) is 4. The number of carboxylic acid groups (broad SMARTS) is 1. The Morgan fingerprint density at radius 3 is 2.20 bits per heavy atom. The summed E-state index contributed by atoms with van der Waals surface area (Å²) in [6.45, 7) is 6.29. The van der Waals surface area contributed by atoms with E-state index in [2.05, 4.69) is 18.7 Å². The average molecular weight is 893 g/mol. The van der Waals surface area contributed by atoms with Gasteiger partial charge in [0.25, 0.3) is 0 Å². The van der Waals surface area contributed by atoms with Crippen molar-refractivity contribution in [1.82, 2.24) is 0 Å². The van der Waals surface area contributed by atoms with Crippen molar-refractivity contribution in [2.24, 2.45) is 0 Å². The second-order valence-electron chi connectivity index (χ2n) is 16.7. The highest BCUT2D eigenvalue weighted by molar-refractivity contribution is 7.85. The highest BCUT2D eigenvalue weighted by atomic mass is 32.2. The van der Waals surface area contributed by atoms with Gasteiger partial charge in [0.15, 0.2) is 17.9 Å². The van der Waals surface area contributed by atoms with Crippen LogP contribution in [0.5, 0.6) is 11.5 Å². The second kappa shape index (κ2) is 16.0. The van der Waals surface area contributed by atoms with Crippen molar-refractivity contribution in [3.63, 3.8) is 0 Å². The zero-order chi connectivity index (χ0) is 43.8. The van der Waals surface area contributed by atoms with Gasteiger partial charge in [0.05, 0.1) is 5.54 Å². The summed E-state index contributed by atoms with van der Waals surface area (Å²) in [7, 11) is -3.77. The smallest absolute Gasteiger partial charge is 0.303 e. The molecule has 3 aliphatic rings. The second-order valence-corrected chi connectivity index (χ2v) is 19.8. The van der Waals surface area contributed by atoms with Gasteiger partial charge < -0.3 is 29.5 Å². The maximum absolute atomic E-state index is 16.5. The molecule has 0 fully saturated rings. The number of fused-ring (bicyclic) bond motifs is 8. The van der Waals surface area contributed by atoms with Crippen molar-refractivity contribution >= 4 is 55.6 Å². The van der Waals surface area contributed by atoms with E-state index in [1.165, 1.54) is 22.7 Å². The molecule has 2 atom stereocenters. The molecule has 322 valence electrons. The third-order valence-corrected chi connectivity index (χ3v) is 15.9. The summed E-state index contributed by atoms with van der Waals surface area (Å²) in [5, 5.41) is 32.8. The summed E-state index contributed by atoms with van der Waals surface area (Å²) in [6, 6.07) is 11.2. The number of anilines is 1. The lowest BCUT2D eigenvalue weighted by atomic mass is 9.68. The number of thiophene rings is 2. The SMILES string of the molecule is CC1=c2cc3c(cc2-c2sccc2C1(C)CCCCCC(=O)O)=C(c1c(F)c(F)cc(F)c1S(=O)(=O)[O-])c1cc2c(cc1O3)N(C)C(C)(CCCCCC(O)O)c1ccsc1-2. The van der Waals surface area contributed by atoms with Crippen LogP contribution in [0, 0.1) is 17.5 Å². The minimum Gasteiger partial charge on any atom is -0.744 e. The van der Waals surface area contributed by atoms with Crippen LogP contribution in [0.1, 0.15) is 107 Å². The van der Waals surface area contributed by atoms with Crippen molar-refractivity contribution in [2.75, 3.05) is 11.9 Å². The fourth-order valence-corrected chi connectivity index (χ4v) is 12.5. The first-order chi connectivity index (χ1) is 28.9. The standard InChI is InChI=1S/C46H46F3NO8S3/c1-24-25-21-35-28(19-26(25)42-30(13-17-59-42)45(24,2)15-9-5-7-11-37(51)52)39(40-41(49)32(47)22-33(48)44(40)61(55,56)57)29-20-27-34(23-36(29)58-35)50(4)46(3,31-14-18-60-43(27)31)16-10-6-8-12-38(53)54/h13-14,17-23,38,53-54H,5-12,15-16H2,1-4H3,(H,51,52)(H,55,56,57)/p-1. The third-order valence-electron chi connectivity index (χ3n) is 13.1. The van der Waals surface area contributed by atoms with Crippen molar-refractivity contribution in [3.8, 4) is 32.4 Å². The van der Waals surface area contributed by atoms with Gasteiger partial charge in [0, 0.05) is 79.5 Å². The van der Waals surface area contributed by atoms with Gasteiger partial charge in [-0.15, -0.1) is 22.7 Å². The number of carbonyl (C=O) groups is 1. The van der Waals surface area contributed by atoms with E-state index in [0.717, 1.165) is 81.4 Å². The molecule has 15 heteroatoms. The van der Waals surface area contributed by atoms with Crippen LogP contribution in [0.2, 0.25) is 0 Å². The summed E-state index contributed by atoms with van der Waals surface area (Å²) >= 11 is 2.96. The van der Waals surface area contributed by atoms with Gasteiger partial charge in [-0.3, -0.25) is 4.79 Å². The Morgan fingerprint density at radius 1 is 0.836 bits per heavy atom. The molecular formula is C46H45F3NO8S3-. The zero-order valence-electron chi connectivity index (χ0n) is 34.0. The van der Waals surface area contributed by atoms with Gasteiger partial charge >= 0.3 is 5.97 Å². The van der Waals surface area contributed by atoms with E-state index in [-0.39, 0.29) is 46.8 Å². The molecule has 61 heavy (non-hydrogen) atoms. The predicted octanol–water partition coefficient (Wildman–Crippen LogP) is 9.22.